The third-order valence-corrected chi connectivity index (χ3v) is 4.87. The van der Waals surface area contributed by atoms with E-state index in [1.54, 1.807) is 6.07 Å². The van der Waals surface area contributed by atoms with E-state index in [4.69, 9.17) is 10.5 Å². The van der Waals surface area contributed by atoms with E-state index >= 15 is 0 Å². The number of aryl methyl sites for hydroxylation is 2. The number of anilines is 1. The fraction of sp³-hybridized carbons (Fsp3) is 0.158. The Hall–Kier alpha value is -3.33. The third-order valence-electron chi connectivity index (χ3n) is 3.88. The molecule has 0 saturated carbocycles. The Morgan fingerprint density at radius 1 is 1.29 bits per heavy atom. The predicted molar refractivity (Wildman–Crippen MR) is 103 cm³/mol. The second-order valence-electron chi connectivity index (χ2n) is 5.97. The van der Waals surface area contributed by atoms with E-state index in [1.807, 2.05) is 13.8 Å². The maximum absolute atomic E-state index is 14.4. The molecule has 0 aliphatic carbocycles. The molecule has 0 atom stereocenters. The molecule has 0 bridgehead atoms. The van der Waals surface area contributed by atoms with Crippen LogP contribution in [-0.2, 0) is 11.2 Å². The van der Waals surface area contributed by atoms with Gasteiger partial charge in [-0.15, -0.1) is 11.3 Å². The lowest BCUT2D eigenvalue weighted by Gasteiger charge is -2.09. The minimum absolute atomic E-state index is 0.0228. The van der Waals surface area contributed by atoms with E-state index < -0.39 is 11.7 Å². The van der Waals surface area contributed by atoms with Gasteiger partial charge < -0.3 is 15.8 Å². The number of halogens is 1. The number of amides is 2. The molecular weight excluding hydrogens is 383 g/mol. The lowest BCUT2D eigenvalue weighted by atomic mass is 10.1. The summed E-state index contributed by atoms with van der Waals surface area (Å²) in [4.78, 5) is 32.7. The van der Waals surface area contributed by atoms with Crippen molar-refractivity contribution in [2.75, 3.05) is 5.32 Å². The first kappa shape index (κ1) is 19.4. The summed E-state index contributed by atoms with van der Waals surface area (Å²) in [6, 6.07) is 7.08. The highest BCUT2D eigenvalue weighted by Crippen LogP contribution is 2.26. The van der Waals surface area contributed by atoms with Crippen LogP contribution in [0.25, 0.3) is 0 Å². The topological polar surface area (TPSA) is 107 Å². The minimum atomic E-state index is -0.732. The molecule has 3 rings (SSSR count). The molecule has 0 unspecified atom stereocenters. The molecule has 2 amide bonds. The SMILES string of the molecule is Cc1nc(NC(=O)Cc2ccc(Oc3ncccc3C(N)=O)c(F)c2)sc1C. The Labute approximate surface area is 164 Å². The van der Waals surface area contributed by atoms with Crippen molar-refractivity contribution in [3.05, 3.63) is 64.0 Å². The van der Waals surface area contributed by atoms with Gasteiger partial charge in [0.25, 0.3) is 5.91 Å². The summed E-state index contributed by atoms with van der Waals surface area (Å²) < 4.78 is 19.8. The summed E-state index contributed by atoms with van der Waals surface area (Å²) in [5.41, 5.74) is 6.62. The van der Waals surface area contributed by atoms with Gasteiger partial charge in [0.2, 0.25) is 11.8 Å². The largest absolute Gasteiger partial charge is 0.435 e. The van der Waals surface area contributed by atoms with Gasteiger partial charge >= 0.3 is 0 Å². The van der Waals surface area contributed by atoms with E-state index in [0.717, 1.165) is 10.6 Å². The zero-order valence-electron chi connectivity index (χ0n) is 15.2. The van der Waals surface area contributed by atoms with Crippen LogP contribution in [0, 0.1) is 19.7 Å². The summed E-state index contributed by atoms with van der Waals surface area (Å²) >= 11 is 1.38. The molecule has 0 saturated heterocycles. The van der Waals surface area contributed by atoms with Gasteiger partial charge in [-0.3, -0.25) is 9.59 Å². The van der Waals surface area contributed by atoms with Crippen LogP contribution in [0.15, 0.2) is 36.5 Å². The van der Waals surface area contributed by atoms with Gasteiger partial charge in [0.1, 0.15) is 5.56 Å². The van der Waals surface area contributed by atoms with E-state index in [9.17, 15) is 14.0 Å². The van der Waals surface area contributed by atoms with Crippen LogP contribution in [0.4, 0.5) is 9.52 Å². The zero-order chi connectivity index (χ0) is 20.3. The Morgan fingerprint density at radius 2 is 2.07 bits per heavy atom. The number of nitrogens with zero attached hydrogens (tertiary/aromatic N) is 2. The Morgan fingerprint density at radius 3 is 2.71 bits per heavy atom. The number of ether oxygens (including phenoxy) is 1. The monoisotopic (exact) mass is 400 g/mol. The lowest BCUT2D eigenvalue weighted by molar-refractivity contribution is -0.115. The number of carbonyl (C=O) groups excluding carboxylic acids is 2. The average Bonchev–Trinajstić information content (AvgIpc) is 2.94. The number of primary amides is 1. The van der Waals surface area contributed by atoms with E-state index in [-0.39, 0.29) is 29.5 Å². The van der Waals surface area contributed by atoms with Gasteiger partial charge in [-0.1, -0.05) is 6.07 Å². The highest BCUT2D eigenvalue weighted by Gasteiger charge is 2.15. The zero-order valence-corrected chi connectivity index (χ0v) is 16.0. The number of thiazole rings is 1. The van der Waals surface area contributed by atoms with Gasteiger partial charge in [0.05, 0.1) is 12.1 Å². The average molecular weight is 400 g/mol. The molecule has 2 heterocycles. The summed E-state index contributed by atoms with van der Waals surface area (Å²) in [5.74, 6) is -1.94. The number of nitrogens with one attached hydrogen (secondary N) is 1. The maximum Gasteiger partial charge on any atom is 0.254 e. The summed E-state index contributed by atoms with van der Waals surface area (Å²) in [7, 11) is 0. The van der Waals surface area contributed by atoms with Gasteiger partial charge in [-0.05, 0) is 43.7 Å². The lowest BCUT2D eigenvalue weighted by Crippen LogP contribution is -2.14. The number of carbonyl (C=O) groups is 2. The van der Waals surface area contributed by atoms with Crippen molar-refractivity contribution < 1.29 is 18.7 Å². The van der Waals surface area contributed by atoms with Crippen molar-refractivity contribution in [3.63, 3.8) is 0 Å². The van der Waals surface area contributed by atoms with Crippen LogP contribution in [0.3, 0.4) is 0 Å². The van der Waals surface area contributed by atoms with Crippen molar-refractivity contribution in [1.82, 2.24) is 9.97 Å². The van der Waals surface area contributed by atoms with Crippen LogP contribution < -0.4 is 15.8 Å². The summed E-state index contributed by atoms with van der Waals surface area (Å²) in [5, 5.41) is 3.21. The number of hydrogen-bond acceptors (Lipinski definition) is 6. The number of aromatic nitrogens is 2. The predicted octanol–water partition coefficient (Wildman–Crippen LogP) is 3.37. The standard InChI is InChI=1S/C19H17FN4O3S/c1-10-11(2)28-19(23-10)24-16(25)9-12-5-6-15(14(20)8-12)27-18-13(17(21)26)4-3-7-22-18/h3-8H,9H2,1-2H3,(H2,21,26)(H,23,24,25). The molecule has 0 radical (unpaired) electrons. The second kappa shape index (κ2) is 8.13. The molecule has 1 aromatic carbocycles. The molecule has 0 aliphatic rings. The highest BCUT2D eigenvalue weighted by atomic mass is 32.1. The molecule has 0 aliphatic heterocycles. The molecule has 0 fully saturated rings. The summed E-state index contributed by atoms with van der Waals surface area (Å²) in [6.07, 6.45) is 1.38. The van der Waals surface area contributed by atoms with Gasteiger partial charge in [0, 0.05) is 11.1 Å². The number of pyridine rings is 1. The molecule has 28 heavy (non-hydrogen) atoms. The van der Waals surface area contributed by atoms with Gasteiger partial charge in [0.15, 0.2) is 16.7 Å². The number of nitrogens with two attached hydrogens (primary N) is 1. The van der Waals surface area contributed by atoms with Crippen LogP contribution in [0.5, 0.6) is 11.6 Å². The third kappa shape index (κ3) is 4.49. The van der Waals surface area contributed by atoms with Gasteiger partial charge in [-0.25, -0.2) is 14.4 Å². The van der Waals surface area contributed by atoms with E-state index in [2.05, 4.69) is 15.3 Å². The van der Waals surface area contributed by atoms with Crippen molar-refractivity contribution in [1.29, 1.82) is 0 Å². The normalized spacial score (nSPS) is 10.5. The van der Waals surface area contributed by atoms with Gasteiger partial charge in [-0.2, -0.15) is 0 Å². The molecular formula is C19H17FN4O3S. The first-order chi connectivity index (χ1) is 13.3. The molecule has 7 nitrogen and oxygen atoms in total. The Bertz CT molecular complexity index is 1030. The molecule has 2 aromatic heterocycles. The first-order valence-electron chi connectivity index (χ1n) is 8.28. The van der Waals surface area contributed by atoms with Crippen molar-refractivity contribution in [2.45, 2.75) is 20.3 Å². The first-order valence-corrected chi connectivity index (χ1v) is 9.10. The van der Waals surface area contributed by atoms with Crippen LogP contribution in [0.1, 0.15) is 26.5 Å². The maximum atomic E-state index is 14.4. The quantitative estimate of drug-likeness (QED) is 0.660. The molecule has 144 valence electrons. The second-order valence-corrected chi connectivity index (χ2v) is 7.18. The highest BCUT2D eigenvalue weighted by molar-refractivity contribution is 7.15. The van der Waals surface area contributed by atoms with Crippen molar-refractivity contribution in [3.8, 4) is 11.6 Å². The molecule has 3 aromatic rings. The van der Waals surface area contributed by atoms with Crippen molar-refractivity contribution >= 4 is 28.3 Å². The number of rotatable bonds is 6. The number of benzene rings is 1. The Balaban J connectivity index is 1.70. The fourth-order valence-corrected chi connectivity index (χ4v) is 3.21. The minimum Gasteiger partial charge on any atom is -0.435 e. The number of hydrogen-bond donors (Lipinski definition) is 2. The van der Waals surface area contributed by atoms with Crippen LogP contribution in [0.2, 0.25) is 0 Å². The van der Waals surface area contributed by atoms with Crippen molar-refractivity contribution in [2.24, 2.45) is 5.73 Å². The Kier molecular flexibility index (Phi) is 5.65. The van der Waals surface area contributed by atoms with E-state index in [0.29, 0.717) is 10.7 Å². The fourth-order valence-electron chi connectivity index (χ4n) is 2.38. The van der Waals surface area contributed by atoms with Crippen LogP contribution >= 0.6 is 11.3 Å². The summed E-state index contributed by atoms with van der Waals surface area (Å²) in [6.45, 7) is 3.78. The van der Waals surface area contributed by atoms with Crippen LogP contribution in [-0.4, -0.2) is 21.8 Å². The molecule has 3 N–H and O–H groups in total. The molecule has 0 spiro atoms. The molecule has 9 heteroatoms. The smallest absolute Gasteiger partial charge is 0.254 e. The van der Waals surface area contributed by atoms with E-state index in [1.165, 1.54) is 41.8 Å².